The van der Waals surface area contributed by atoms with Gasteiger partial charge in [-0.1, -0.05) is 106 Å². The van der Waals surface area contributed by atoms with Gasteiger partial charge in [-0.15, -0.1) is 5.56 Å². The fourth-order valence-corrected chi connectivity index (χ4v) is 4.50. The Bertz CT molecular complexity index is 1030. The SMILES string of the molecule is CC([NH-])=O.[Cl][Zr+2][Cl].[c-]1cccc2c1Cc1ccccc1-2.c1ccc([SiH]c2ccccc2)cc1. The van der Waals surface area contributed by atoms with Crippen molar-refractivity contribution in [3.63, 3.8) is 0 Å². The third kappa shape index (κ3) is 10.2. The number of hydrogen-bond acceptors (Lipinski definition) is 1. The number of halogens is 2. The van der Waals surface area contributed by atoms with E-state index in [1.165, 1.54) is 39.6 Å². The van der Waals surface area contributed by atoms with E-state index >= 15 is 0 Å². The number of nitrogens with one attached hydrogen (secondary N) is 1. The van der Waals surface area contributed by atoms with Crippen molar-refractivity contribution >= 4 is 42.8 Å². The average Bonchev–Trinajstić information content (AvgIpc) is 3.20. The summed E-state index contributed by atoms with van der Waals surface area (Å²) in [6.07, 6.45) is 1.05. The molecule has 4 aromatic rings. The molecule has 1 radical (unpaired) electrons. The molecule has 0 atom stereocenters. The zero-order chi connectivity index (χ0) is 23.9. The maximum absolute atomic E-state index is 9.11. The third-order valence-electron chi connectivity index (χ3n) is 4.55. The van der Waals surface area contributed by atoms with Crippen LogP contribution in [0.1, 0.15) is 18.1 Å². The van der Waals surface area contributed by atoms with Crippen LogP contribution in [0.15, 0.2) is 103 Å². The Morgan fingerprint density at radius 3 is 1.82 bits per heavy atom. The number of amides is 1. The molecule has 2 nitrogen and oxygen atoms in total. The number of hydrogen-bond donors (Lipinski definition) is 0. The van der Waals surface area contributed by atoms with Crippen molar-refractivity contribution in [3.05, 3.63) is 126 Å². The zero-order valence-electron chi connectivity index (χ0n) is 18.3. The molecular weight excluding hydrogens is 545 g/mol. The Kier molecular flexibility index (Phi) is 13.1. The van der Waals surface area contributed by atoms with Gasteiger partial charge in [-0.3, -0.25) is 0 Å². The molecule has 0 spiro atoms. The fourth-order valence-electron chi connectivity index (χ4n) is 3.29. The topological polar surface area (TPSA) is 40.9 Å². The van der Waals surface area contributed by atoms with E-state index in [1.54, 1.807) is 0 Å². The van der Waals surface area contributed by atoms with Crippen LogP contribution in [0.3, 0.4) is 0 Å². The van der Waals surface area contributed by atoms with E-state index in [9.17, 15) is 0 Å². The quantitative estimate of drug-likeness (QED) is 0.188. The van der Waals surface area contributed by atoms with Gasteiger partial charge in [-0.2, -0.15) is 29.8 Å². The summed E-state index contributed by atoms with van der Waals surface area (Å²) in [5.41, 5.74) is 11.5. The number of rotatable bonds is 2. The number of benzene rings is 4. The second-order valence-electron chi connectivity index (χ2n) is 6.99. The molecule has 0 bridgehead atoms. The van der Waals surface area contributed by atoms with Gasteiger partial charge in [0.05, 0.1) is 0 Å². The first-order chi connectivity index (χ1) is 16.0. The van der Waals surface area contributed by atoms with Gasteiger partial charge in [0.25, 0.3) is 0 Å². The third-order valence-corrected chi connectivity index (χ3v) is 5.99. The minimum absolute atomic E-state index is 0.271. The predicted octanol–water partition coefficient (Wildman–Crippen LogP) is 6.09. The van der Waals surface area contributed by atoms with Gasteiger partial charge in [0.15, 0.2) is 0 Å². The number of fused-ring (bicyclic) bond motifs is 3. The predicted molar refractivity (Wildman–Crippen MR) is 140 cm³/mol. The molecule has 0 fully saturated rings. The summed E-state index contributed by atoms with van der Waals surface area (Å²) < 4.78 is 0. The van der Waals surface area contributed by atoms with Crippen LogP contribution in [0.4, 0.5) is 0 Å². The molecule has 1 N–H and O–H groups in total. The number of carbonyl (C=O) groups is 1. The Morgan fingerprint density at radius 1 is 0.818 bits per heavy atom. The molecule has 6 heteroatoms. The maximum atomic E-state index is 9.11. The minimum Gasteiger partial charge on any atom is -0.179 e. The Balaban J connectivity index is 0.000000184. The first-order valence-electron chi connectivity index (χ1n) is 10.3. The van der Waals surface area contributed by atoms with Crippen LogP contribution in [0.2, 0.25) is 0 Å². The fraction of sp³-hybridized carbons (Fsp3) is 0.0741. The summed E-state index contributed by atoms with van der Waals surface area (Å²) in [6, 6.07) is 39.4. The summed E-state index contributed by atoms with van der Waals surface area (Å²) in [5.74, 6) is -0.583. The molecule has 1 aliphatic rings. The summed E-state index contributed by atoms with van der Waals surface area (Å²) in [6.45, 7) is 1.19. The molecule has 1 aliphatic carbocycles. The van der Waals surface area contributed by atoms with E-state index < -0.39 is 26.8 Å². The smallest absolute Gasteiger partial charge is 0.103 e. The van der Waals surface area contributed by atoms with Crippen LogP contribution in [-0.2, 0) is 32.1 Å². The van der Waals surface area contributed by atoms with E-state index in [0.717, 1.165) is 6.42 Å². The van der Waals surface area contributed by atoms with Gasteiger partial charge in [0, 0.05) is 5.91 Å². The Morgan fingerprint density at radius 2 is 1.27 bits per heavy atom. The molecule has 165 valence electrons. The van der Waals surface area contributed by atoms with Gasteiger partial charge in [0.2, 0.25) is 0 Å². The second-order valence-corrected chi connectivity index (χ2v) is 12.3. The largest absolute Gasteiger partial charge is 0.179 e. The van der Waals surface area contributed by atoms with Crippen LogP contribution >= 0.6 is 17.0 Å². The van der Waals surface area contributed by atoms with Crippen molar-refractivity contribution < 1.29 is 25.6 Å². The van der Waals surface area contributed by atoms with Crippen molar-refractivity contribution in [2.24, 2.45) is 0 Å². The first-order valence-corrected chi connectivity index (χ1v) is 17.7. The molecule has 4 aromatic carbocycles. The van der Waals surface area contributed by atoms with Crippen molar-refractivity contribution in [1.82, 2.24) is 0 Å². The molecule has 33 heavy (non-hydrogen) atoms. The Labute approximate surface area is 217 Å². The normalized spacial score (nSPS) is 9.79. The van der Waals surface area contributed by atoms with Crippen LogP contribution in [0, 0.1) is 6.07 Å². The minimum atomic E-state index is -0.826. The summed E-state index contributed by atoms with van der Waals surface area (Å²) >= 11 is -0.826. The molecule has 0 unspecified atom stereocenters. The maximum Gasteiger partial charge on any atom is 0.103 e. The van der Waals surface area contributed by atoms with Gasteiger partial charge in [-0.25, -0.2) is 0 Å². The second kappa shape index (κ2) is 15.8. The van der Waals surface area contributed by atoms with Crippen molar-refractivity contribution in [2.45, 2.75) is 13.3 Å². The van der Waals surface area contributed by atoms with Crippen LogP contribution in [0.25, 0.3) is 16.9 Å². The van der Waals surface area contributed by atoms with E-state index in [2.05, 4.69) is 103 Å². The zero-order valence-corrected chi connectivity index (χ0v) is 23.4. The van der Waals surface area contributed by atoms with Gasteiger partial charge >= 0.3 is 37.9 Å². The van der Waals surface area contributed by atoms with Gasteiger partial charge in [-0.05, 0) is 13.3 Å². The van der Waals surface area contributed by atoms with Crippen molar-refractivity contribution in [1.29, 1.82) is 0 Å². The van der Waals surface area contributed by atoms with Gasteiger partial charge < -0.3 is 10.5 Å². The molecule has 0 aliphatic heterocycles. The molecule has 1 amide bonds. The summed E-state index contributed by atoms with van der Waals surface area (Å²) in [4.78, 5) is 9.11. The molecule has 5 rings (SSSR count). The van der Waals surface area contributed by atoms with E-state index in [4.69, 9.17) is 27.6 Å². The molecule has 0 heterocycles. The molecule has 0 saturated heterocycles. The van der Waals surface area contributed by atoms with E-state index in [1.807, 2.05) is 6.07 Å². The molecular formula is C27H24Cl2NOSiZr. The summed E-state index contributed by atoms with van der Waals surface area (Å²) in [7, 11) is 10.1. The average molecular weight is 569 g/mol. The van der Waals surface area contributed by atoms with Crippen LogP contribution < -0.4 is 10.4 Å². The first kappa shape index (κ1) is 27.3. The number of carbonyl (C=O) groups excluding carboxylic acids is 1. The van der Waals surface area contributed by atoms with Crippen molar-refractivity contribution in [2.75, 3.05) is 0 Å². The van der Waals surface area contributed by atoms with Gasteiger partial charge in [0.1, 0.15) is 9.52 Å². The monoisotopic (exact) mass is 566 g/mol. The van der Waals surface area contributed by atoms with E-state index in [0.29, 0.717) is 0 Å². The van der Waals surface area contributed by atoms with Crippen LogP contribution in [0.5, 0.6) is 0 Å². The molecule has 0 saturated carbocycles. The standard InChI is InChI=1S/C13H9.C12H11Si.C2H5NO.2ClH.Zr/c1-3-7-12-10(5-1)9-11-6-2-4-8-13(11)12;1-3-7-11(8-4-1)13-12-9-5-2-6-10-12;1-2(3)4;;;/h1-5,7-8H,9H2;1-10,13H;1H3,(H2,3,4);2*1H;/q-1;;;;;+4/p-3. The van der Waals surface area contributed by atoms with E-state index in [-0.39, 0.29) is 9.52 Å². The molecule has 0 aromatic heterocycles. The summed E-state index contributed by atoms with van der Waals surface area (Å²) in [5, 5.41) is 2.90. The van der Waals surface area contributed by atoms with Crippen molar-refractivity contribution in [3.8, 4) is 11.1 Å². The van der Waals surface area contributed by atoms with Crippen LogP contribution in [-0.4, -0.2) is 15.4 Å². The Hall–Kier alpha value is -1.97.